The van der Waals surface area contributed by atoms with Crippen molar-refractivity contribution in [2.24, 2.45) is 4.99 Å². The second-order valence-electron chi connectivity index (χ2n) is 2.81. The first kappa shape index (κ1) is 7.80. The van der Waals surface area contributed by atoms with Gasteiger partial charge in [0.1, 0.15) is 5.04 Å². The first-order valence-corrected chi connectivity index (χ1v) is 4.50. The van der Waals surface area contributed by atoms with E-state index >= 15 is 0 Å². The molecule has 2 rings (SSSR count). The van der Waals surface area contributed by atoms with E-state index in [1.165, 1.54) is 0 Å². The Bertz CT molecular complexity index is 335. The molecule has 0 radical (unpaired) electrons. The van der Waals surface area contributed by atoms with Gasteiger partial charge in [-0.05, 0) is 11.6 Å². The van der Waals surface area contributed by atoms with Crippen LogP contribution in [0.3, 0.4) is 0 Å². The fraction of sp³-hybridized carbons (Fsp3) is 0.222. The van der Waals surface area contributed by atoms with Crippen molar-refractivity contribution in [1.82, 2.24) is 0 Å². The minimum absolute atomic E-state index is 0.121. The highest BCUT2D eigenvalue weighted by molar-refractivity contribution is 8.09. The quantitative estimate of drug-likeness (QED) is 0.597. The molecule has 1 heterocycles. The third kappa shape index (κ3) is 1.05. The zero-order valence-electron chi connectivity index (χ0n) is 6.62. The molecular formula is C9H8FNS. The third-order valence-electron chi connectivity index (χ3n) is 2.08. The summed E-state index contributed by atoms with van der Waals surface area (Å²) < 4.78 is 12.3. The van der Waals surface area contributed by atoms with Crippen LogP contribution in [0.4, 0.5) is 9.57 Å². The van der Waals surface area contributed by atoms with E-state index in [9.17, 15) is 3.89 Å². The summed E-state index contributed by atoms with van der Waals surface area (Å²) in [6.07, 6.45) is 0. The van der Waals surface area contributed by atoms with Crippen molar-refractivity contribution in [2.45, 2.75) is 12.8 Å². The molecule has 0 aliphatic carbocycles. The van der Waals surface area contributed by atoms with Gasteiger partial charge >= 0.3 is 0 Å². The molecule has 62 valence electrons. The van der Waals surface area contributed by atoms with Crippen molar-refractivity contribution in [3.63, 3.8) is 0 Å². The number of para-hydroxylation sites is 1. The second kappa shape index (κ2) is 2.90. The summed E-state index contributed by atoms with van der Waals surface area (Å²) in [5.41, 5.74) is 2.03. The van der Waals surface area contributed by atoms with Crippen LogP contribution < -0.4 is 0 Å². The summed E-state index contributed by atoms with van der Waals surface area (Å²) in [5, 5.41) is 0.566. The highest BCUT2D eigenvalue weighted by Crippen LogP contribution is 2.38. The summed E-state index contributed by atoms with van der Waals surface area (Å²) in [5.74, 6) is 0.121. The number of halogens is 1. The Kier molecular flexibility index (Phi) is 1.89. The van der Waals surface area contributed by atoms with Crippen LogP contribution in [0.5, 0.6) is 0 Å². The zero-order valence-corrected chi connectivity index (χ0v) is 7.44. The Morgan fingerprint density at radius 2 is 2.17 bits per heavy atom. The van der Waals surface area contributed by atoms with Crippen LogP contribution in [0.25, 0.3) is 0 Å². The SMILES string of the molecule is CC1C(SF)=Nc2ccccc21. The lowest BCUT2D eigenvalue weighted by Gasteiger charge is -2.02. The molecule has 0 saturated carbocycles. The van der Waals surface area contributed by atoms with Gasteiger partial charge in [0.25, 0.3) is 0 Å². The maximum atomic E-state index is 12.3. The molecule has 1 aromatic carbocycles. The molecule has 0 saturated heterocycles. The summed E-state index contributed by atoms with van der Waals surface area (Å²) in [6, 6.07) is 7.78. The molecule has 1 aliphatic heterocycles. The standard InChI is InChI=1S/C9H8FNS/c1-6-7-4-2-3-5-8(7)11-9(6)12-10/h2-6H,1H3. The van der Waals surface area contributed by atoms with Crippen LogP contribution in [0.15, 0.2) is 29.3 Å². The molecular weight excluding hydrogens is 173 g/mol. The van der Waals surface area contributed by atoms with Crippen molar-refractivity contribution in [3.8, 4) is 0 Å². The molecule has 0 aromatic heterocycles. The average molecular weight is 181 g/mol. The lowest BCUT2D eigenvalue weighted by molar-refractivity contribution is 0.945. The molecule has 0 spiro atoms. The topological polar surface area (TPSA) is 12.4 Å². The number of rotatable bonds is 0. The summed E-state index contributed by atoms with van der Waals surface area (Å²) in [6.45, 7) is 1.97. The smallest absolute Gasteiger partial charge is 0.114 e. The number of aliphatic imine (C=N–C) groups is 1. The predicted octanol–water partition coefficient (Wildman–Crippen LogP) is 3.45. The van der Waals surface area contributed by atoms with Crippen LogP contribution in [0, 0.1) is 0 Å². The van der Waals surface area contributed by atoms with Crippen molar-refractivity contribution < 1.29 is 3.89 Å². The monoisotopic (exact) mass is 181 g/mol. The fourth-order valence-electron chi connectivity index (χ4n) is 1.39. The molecule has 1 aromatic rings. The highest BCUT2D eigenvalue weighted by Gasteiger charge is 2.23. The maximum Gasteiger partial charge on any atom is 0.114 e. The zero-order chi connectivity index (χ0) is 8.55. The Hall–Kier alpha value is -0.830. The molecule has 1 nitrogen and oxygen atoms in total. The van der Waals surface area contributed by atoms with Crippen molar-refractivity contribution in [2.75, 3.05) is 0 Å². The fourth-order valence-corrected chi connectivity index (χ4v) is 1.78. The van der Waals surface area contributed by atoms with Crippen LogP contribution in [-0.4, -0.2) is 5.04 Å². The number of hydrogen-bond acceptors (Lipinski definition) is 2. The molecule has 3 heteroatoms. The van der Waals surface area contributed by atoms with Gasteiger partial charge in [0, 0.05) is 5.92 Å². The number of fused-ring (bicyclic) bond motifs is 1. The average Bonchev–Trinajstić information content (AvgIpc) is 2.44. The van der Waals surface area contributed by atoms with Crippen LogP contribution in [0.2, 0.25) is 0 Å². The third-order valence-corrected chi connectivity index (χ3v) is 2.69. The lowest BCUT2D eigenvalue weighted by Crippen LogP contribution is -1.96. The van der Waals surface area contributed by atoms with E-state index < -0.39 is 0 Å². The molecule has 1 atom stereocenters. The van der Waals surface area contributed by atoms with Gasteiger partial charge in [0.2, 0.25) is 0 Å². The van der Waals surface area contributed by atoms with Gasteiger partial charge in [-0.15, -0.1) is 0 Å². The summed E-state index contributed by atoms with van der Waals surface area (Å²) in [4.78, 5) is 4.16. The molecule has 0 fully saturated rings. The molecule has 0 amide bonds. The maximum absolute atomic E-state index is 12.3. The summed E-state index contributed by atoms with van der Waals surface area (Å²) in [7, 11) is 0. The first-order valence-electron chi connectivity index (χ1n) is 3.79. The van der Waals surface area contributed by atoms with Crippen molar-refractivity contribution >= 4 is 22.9 Å². The minimum Gasteiger partial charge on any atom is -0.243 e. The van der Waals surface area contributed by atoms with Gasteiger partial charge in [0.15, 0.2) is 0 Å². The van der Waals surface area contributed by atoms with E-state index in [1.54, 1.807) is 0 Å². The van der Waals surface area contributed by atoms with Gasteiger partial charge in [-0.25, -0.2) is 4.99 Å². The Morgan fingerprint density at radius 3 is 2.83 bits per heavy atom. The van der Waals surface area contributed by atoms with E-state index in [0.717, 1.165) is 11.3 Å². The van der Waals surface area contributed by atoms with Crippen LogP contribution in [-0.2, 0) is 0 Å². The van der Waals surface area contributed by atoms with Crippen molar-refractivity contribution in [1.29, 1.82) is 0 Å². The van der Waals surface area contributed by atoms with E-state index in [4.69, 9.17) is 0 Å². The van der Waals surface area contributed by atoms with Gasteiger partial charge in [0.05, 0.1) is 17.8 Å². The van der Waals surface area contributed by atoms with E-state index in [-0.39, 0.29) is 18.1 Å². The van der Waals surface area contributed by atoms with Gasteiger partial charge < -0.3 is 0 Å². The minimum atomic E-state index is 0.121. The first-order chi connectivity index (χ1) is 5.83. The van der Waals surface area contributed by atoms with Gasteiger partial charge in [-0.1, -0.05) is 25.1 Å². The largest absolute Gasteiger partial charge is 0.243 e. The summed E-state index contributed by atoms with van der Waals surface area (Å²) >= 11 is 0.247. The number of nitrogens with zero attached hydrogens (tertiary/aromatic N) is 1. The second-order valence-corrected chi connectivity index (χ2v) is 3.38. The normalized spacial score (nSPS) is 20.5. The van der Waals surface area contributed by atoms with E-state index in [1.807, 2.05) is 31.2 Å². The highest BCUT2D eigenvalue weighted by atomic mass is 32.2. The van der Waals surface area contributed by atoms with Crippen LogP contribution >= 0.6 is 12.1 Å². The Balaban J connectivity index is 2.47. The van der Waals surface area contributed by atoms with Gasteiger partial charge in [-0.2, -0.15) is 3.89 Å². The molecule has 1 unspecified atom stereocenters. The van der Waals surface area contributed by atoms with E-state index in [2.05, 4.69) is 4.99 Å². The molecule has 0 bridgehead atoms. The Labute approximate surface area is 75.0 Å². The number of hydrogen-bond donors (Lipinski definition) is 0. The molecule has 12 heavy (non-hydrogen) atoms. The lowest BCUT2D eigenvalue weighted by atomic mass is 10.0. The number of benzene rings is 1. The predicted molar refractivity (Wildman–Crippen MR) is 50.7 cm³/mol. The van der Waals surface area contributed by atoms with E-state index in [0.29, 0.717) is 5.04 Å². The van der Waals surface area contributed by atoms with Gasteiger partial charge in [-0.3, -0.25) is 0 Å². The molecule has 1 aliphatic rings. The van der Waals surface area contributed by atoms with Crippen LogP contribution in [0.1, 0.15) is 18.4 Å². The Morgan fingerprint density at radius 1 is 1.42 bits per heavy atom. The van der Waals surface area contributed by atoms with Crippen molar-refractivity contribution in [3.05, 3.63) is 29.8 Å². The molecule has 0 N–H and O–H groups in total.